The summed E-state index contributed by atoms with van der Waals surface area (Å²) < 4.78 is 5.31. The van der Waals surface area contributed by atoms with Crippen LogP contribution in [0.5, 0.6) is 0 Å². The van der Waals surface area contributed by atoms with E-state index in [4.69, 9.17) is 4.74 Å². The number of hydrogen-bond acceptors (Lipinski definition) is 2. The molecule has 98 valence electrons. The fraction of sp³-hybridized carbons (Fsp3) is 0.533. The van der Waals surface area contributed by atoms with E-state index in [-0.39, 0.29) is 11.8 Å². The van der Waals surface area contributed by atoms with Crippen LogP contribution in [0, 0.1) is 5.92 Å². The number of rotatable bonds is 4. The first-order chi connectivity index (χ1) is 8.72. The lowest BCUT2D eigenvalue weighted by Gasteiger charge is -2.28. The highest BCUT2D eigenvalue weighted by atomic mass is 16.5. The van der Waals surface area contributed by atoms with Gasteiger partial charge in [0.05, 0.1) is 5.92 Å². The predicted octanol–water partition coefficient (Wildman–Crippen LogP) is 2.84. The summed E-state index contributed by atoms with van der Waals surface area (Å²) in [5.74, 6) is -0.908. The molecule has 1 unspecified atom stereocenters. The molecule has 1 aliphatic rings. The number of hydrogen-bond donors (Lipinski definition) is 1. The van der Waals surface area contributed by atoms with E-state index in [0.717, 1.165) is 24.8 Å². The molecule has 1 fully saturated rings. The molecule has 0 aliphatic carbocycles. The van der Waals surface area contributed by atoms with Gasteiger partial charge in [-0.1, -0.05) is 31.2 Å². The Hall–Kier alpha value is -1.35. The fourth-order valence-electron chi connectivity index (χ4n) is 2.63. The largest absolute Gasteiger partial charge is 0.481 e. The SMILES string of the molecule is CCc1ccc(C(C(=O)O)C2CCOCC2)cc1. The minimum absolute atomic E-state index is 0.198. The Balaban J connectivity index is 2.20. The Morgan fingerprint density at radius 3 is 2.44 bits per heavy atom. The molecule has 0 radical (unpaired) electrons. The molecule has 1 heterocycles. The van der Waals surface area contributed by atoms with Gasteiger partial charge in [0.2, 0.25) is 0 Å². The maximum absolute atomic E-state index is 11.5. The fourth-order valence-corrected chi connectivity index (χ4v) is 2.63. The second-order valence-electron chi connectivity index (χ2n) is 4.86. The molecule has 1 N–H and O–H groups in total. The molecule has 0 amide bonds. The molecule has 18 heavy (non-hydrogen) atoms. The molecular weight excluding hydrogens is 228 g/mol. The van der Waals surface area contributed by atoms with E-state index in [1.54, 1.807) is 0 Å². The second kappa shape index (κ2) is 6.01. The van der Waals surface area contributed by atoms with Gasteiger partial charge < -0.3 is 9.84 Å². The lowest BCUT2D eigenvalue weighted by atomic mass is 9.81. The molecule has 0 spiro atoms. The van der Waals surface area contributed by atoms with Crippen LogP contribution in [0.15, 0.2) is 24.3 Å². The van der Waals surface area contributed by atoms with Crippen LogP contribution in [-0.2, 0) is 16.0 Å². The molecule has 1 aromatic carbocycles. The van der Waals surface area contributed by atoms with E-state index in [9.17, 15) is 9.90 Å². The highest BCUT2D eigenvalue weighted by Gasteiger charge is 2.30. The summed E-state index contributed by atoms with van der Waals surface area (Å²) in [6, 6.07) is 8.00. The molecular formula is C15H20O3. The first-order valence-electron chi connectivity index (χ1n) is 6.61. The first-order valence-corrected chi connectivity index (χ1v) is 6.61. The molecule has 0 saturated carbocycles. The van der Waals surface area contributed by atoms with Crippen LogP contribution < -0.4 is 0 Å². The van der Waals surface area contributed by atoms with E-state index in [1.165, 1.54) is 5.56 Å². The van der Waals surface area contributed by atoms with E-state index in [0.29, 0.717) is 13.2 Å². The van der Waals surface area contributed by atoms with Gasteiger partial charge >= 0.3 is 5.97 Å². The third-order valence-corrected chi connectivity index (χ3v) is 3.75. The van der Waals surface area contributed by atoms with Gasteiger partial charge in [0, 0.05) is 13.2 Å². The van der Waals surface area contributed by atoms with Crippen molar-refractivity contribution in [2.45, 2.75) is 32.1 Å². The van der Waals surface area contributed by atoms with E-state index >= 15 is 0 Å². The van der Waals surface area contributed by atoms with Crippen molar-refractivity contribution < 1.29 is 14.6 Å². The lowest BCUT2D eigenvalue weighted by Crippen LogP contribution is -2.27. The maximum atomic E-state index is 11.5. The molecule has 3 nitrogen and oxygen atoms in total. The van der Waals surface area contributed by atoms with Crippen molar-refractivity contribution in [3.8, 4) is 0 Å². The number of ether oxygens (including phenoxy) is 1. The smallest absolute Gasteiger partial charge is 0.311 e. The summed E-state index contributed by atoms with van der Waals surface area (Å²) in [5.41, 5.74) is 2.17. The van der Waals surface area contributed by atoms with Crippen molar-refractivity contribution in [2.75, 3.05) is 13.2 Å². The van der Waals surface area contributed by atoms with Crippen LogP contribution in [0.3, 0.4) is 0 Å². The number of carboxylic acid groups (broad SMARTS) is 1. The monoisotopic (exact) mass is 248 g/mol. The number of benzene rings is 1. The second-order valence-corrected chi connectivity index (χ2v) is 4.86. The average Bonchev–Trinajstić information content (AvgIpc) is 2.40. The summed E-state index contributed by atoms with van der Waals surface area (Å²) in [6.45, 7) is 3.46. The normalized spacial score (nSPS) is 18.5. The Morgan fingerprint density at radius 2 is 1.94 bits per heavy atom. The highest BCUT2D eigenvalue weighted by molar-refractivity contribution is 5.76. The summed E-state index contributed by atoms with van der Waals surface area (Å²) in [6.07, 6.45) is 2.66. The number of aliphatic carboxylic acids is 1. The van der Waals surface area contributed by atoms with Crippen molar-refractivity contribution in [2.24, 2.45) is 5.92 Å². The molecule has 2 rings (SSSR count). The van der Waals surface area contributed by atoms with Gasteiger partial charge in [0.25, 0.3) is 0 Å². The van der Waals surface area contributed by atoms with Crippen LogP contribution in [0.25, 0.3) is 0 Å². The van der Waals surface area contributed by atoms with Crippen molar-refractivity contribution in [3.63, 3.8) is 0 Å². The topological polar surface area (TPSA) is 46.5 Å². The Bertz CT molecular complexity index is 391. The van der Waals surface area contributed by atoms with E-state index < -0.39 is 5.97 Å². The summed E-state index contributed by atoms with van der Waals surface area (Å²) in [4.78, 5) is 11.5. The van der Waals surface area contributed by atoms with Crippen molar-refractivity contribution in [3.05, 3.63) is 35.4 Å². The van der Waals surface area contributed by atoms with Crippen molar-refractivity contribution in [1.82, 2.24) is 0 Å². The van der Waals surface area contributed by atoms with Crippen LogP contribution in [-0.4, -0.2) is 24.3 Å². The van der Waals surface area contributed by atoms with Gasteiger partial charge in [0.1, 0.15) is 0 Å². The van der Waals surface area contributed by atoms with Crippen LogP contribution in [0.2, 0.25) is 0 Å². The standard InChI is InChI=1S/C15H20O3/c1-2-11-3-5-12(6-4-11)14(15(16)17)13-7-9-18-10-8-13/h3-6,13-14H,2,7-10H2,1H3,(H,16,17). The average molecular weight is 248 g/mol. The van der Waals surface area contributed by atoms with Gasteiger partial charge in [-0.05, 0) is 36.3 Å². The lowest BCUT2D eigenvalue weighted by molar-refractivity contribution is -0.141. The molecule has 1 atom stereocenters. The summed E-state index contributed by atoms with van der Waals surface area (Å²) in [7, 11) is 0. The zero-order valence-corrected chi connectivity index (χ0v) is 10.8. The van der Waals surface area contributed by atoms with Crippen LogP contribution in [0.1, 0.15) is 36.8 Å². The number of aryl methyl sites for hydroxylation is 1. The number of carbonyl (C=O) groups is 1. The molecule has 1 aliphatic heterocycles. The quantitative estimate of drug-likeness (QED) is 0.891. The number of carboxylic acids is 1. The maximum Gasteiger partial charge on any atom is 0.311 e. The molecule has 1 saturated heterocycles. The van der Waals surface area contributed by atoms with Gasteiger partial charge in [0.15, 0.2) is 0 Å². The van der Waals surface area contributed by atoms with Gasteiger partial charge in [-0.15, -0.1) is 0 Å². The van der Waals surface area contributed by atoms with E-state index in [2.05, 4.69) is 6.92 Å². The molecule has 0 bridgehead atoms. The Labute approximate surface area is 108 Å². The van der Waals surface area contributed by atoms with Crippen molar-refractivity contribution >= 4 is 5.97 Å². The third kappa shape index (κ3) is 2.91. The van der Waals surface area contributed by atoms with Gasteiger partial charge in [-0.25, -0.2) is 0 Å². The zero-order chi connectivity index (χ0) is 13.0. The summed E-state index contributed by atoms with van der Waals surface area (Å²) in [5, 5.41) is 9.46. The minimum atomic E-state index is -0.717. The highest BCUT2D eigenvalue weighted by Crippen LogP contribution is 2.32. The Kier molecular flexibility index (Phi) is 4.37. The molecule has 1 aromatic rings. The van der Waals surface area contributed by atoms with E-state index in [1.807, 2.05) is 24.3 Å². The Morgan fingerprint density at radius 1 is 1.33 bits per heavy atom. The molecule has 0 aromatic heterocycles. The van der Waals surface area contributed by atoms with Crippen LogP contribution in [0.4, 0.5) is 0 Å². The zero-order valence-electron chi connectivity index (χ0n) is 10.8. The summed E-state index contributed by atoms with van der Waals surface area (Å²) >= 11 is 0. The minimum Gasteiger partial charge on any atom is -0.481 e. The van der Waals surface area contributed by atoms with Crippen LogP contribution >= 0.6 is 0 Å². The van der Waals surface area contributed by atoms with Gasteiger partial charge in [-0.3, -0.25) is 4.79 Å². The van der Waals surface area contributed by atoms with Gasteiger partial charge in [-0.2, -0.15) is 0 Å². The molecule has 3 heteroatoms. The third-order valence-electron chi connectivity index (χ3n) is 3.75. The first kappa shape index (κ1) is 13.1. The van der Waals surface area contributed by atoms with Crippen molar-refractivity contribution in [1.29, 1.82) is 0 Å². The predicted molar refractivity (Wildman–Crippen MR) is 69.7 cm³/mol.